The van der Waals surface area contributed by atoms with Gasteiger partial charge in [-0.15, -0.1) is 0 Å². The quantitative estimate of drug-likeness (QED) is 0.661. The molecule has 0 aliphatic rings. The van der Waals surface area contributed by atoms with Crippen LogP contribution in [0.25, 0.3) is 0 Å². The molecule has 0 spiro atoms. The predicted molar refractivity (Wildman–Crippen MR) is 81.9 cm³/mol. The summed E-state index contributed by atoms with van der Waals surface area (Å²) in [6.07, 6.45) is 0. The lowest BCUT2D eigenvalue weighted by molar-refractivity contribution is 0.0602. The normalized spacial score (nSPS) is 10.2. The van der Waals surface area contributed by atoms with Crippen molar-refractivity contribution in [2.24, 2.45) is 0 Å². The van der Waals surface area contributed by atoms with Gasteiger partial charge in [0.1, 0.15) is 0 Å². The first-order chi connectivity index (χ1) is 9.52. The van der Waals surface area contributed by atoms with Gasteiger partial charge < -0.3 is 15.8 Å². The third-order valence-corrected chi connectivity index (χ3v) is 3.27. The molecule has 0 bridgehead atoms. The maximum atomic E-state index is 11.6. The van der Waals surface area contributed by atoms with E-state index in [1.165, 1.54) is 7.11 Å². The number of esters is 1. The van der Waals surface area contributed by atoms with Crippen molar-refractivity contribution in [1.82, 2.24) is 0 Å². The zero-order valence-corrected chi connectivity index (χ0v) is 12.1. The third-order valence-electron chi connectivity index (χ3n) is 2.71. The van der Waals surface area contributed by atoms with Gasteiger partial charge in [-0.1, -0.05) is 29.3 Å². The molecule has 0 amide bonds. The summed E-state index contributed by atoms with van der Waals surface area (Å²) in [5.74, 6) is -0.497. The second-order valence-electron chi connectivity index (χ2n) is 4.01. The summed E-state index contributed by atoms with van der Waals surface area (Å²) in [5.41, 5.74) is 7.69. The van der Waals surface area contributed by atoms with Crippen LogP contribution >= 0.6 is 23.2 Å². The molecule has 0 saturated heterocycles. The number of rotatable bonds is 3. The van der Waals surface area contributed by atoms with Crippen LogP contribution in [0.1, 0.15) is 10.4 Å². The molecule has 0 unspecified atom stereocenters. The molecule has 0 atom stereocenters. The Bertz CT molecular complexity index is 660. The number of carbonyl (C=O) groups excluding carboxylic acids is 1. The monoisotopic (exact) mass is 310 g/mol. The van der Waals surface area contributed by atoms with Crippen molar-refractivity contribution in [2.45, 2.75) is 0 Å². The molecule has 20 heavy (non-hydrogen) atoms. The van der Waals surface area contributed by atoms with Crippen LogP contribution in [0, 0.1) is 0 Å². The Hall–Kier alpha value is -1.91. The van der Waals surface area contributed by atoms with Crippen molar-refractivity contribution in [2.75, 3.05) is 18.2 Å². The van der Waals surface area contributed by atoms with Crippen molar-refractivity contribution in [3.05, 3.63) is 52.0 Å². The molecule has 104 valence electrons. The highest BCUT2D eigenvalue weighted by molar-refractivity contribution is 6.35. The van der Waals surface area contributed by atoms with Gasteiger partial charge in [-0.2, -0.15) is 0 Å². The van der Waals surface area contributed by atoms with Gasteiger partial charge in [0.15, 0.2) is 0 Å². The topological polar surface area (TPSA) is 64.3 Å². The molecule has 2 aromatic carbocycles. The van der Waals surface area contributed by atoms with Crippen molar-refractivity contribution >= 4 is 46.2 Å². The summed E-state index contributed by atoms with van der Waals surface area (Å²) in [4.78, 5) is 11.6. The highest BCUT2D eigenvalue weighted by Gasteiger charge is 2.13. The number of carbonyl (C=O) groups is 1. The Kier molecular flexibility index (Phi) is 4.37. The van der Waals surface area contributed by atoms with Gasteiger partial charge in [0.2, 0.25) is 0 Å². The molecule has 2 aromatic rings. The zero-order valence-electron chi connectivity index (χ0n) is 10.6. The summed E-state index contributed by atoms with van der Waals surface area (Å²) in [6, 6.07) is 10.1. The number of hydrogen-bond acceptors (Lipinski definition) is 4. The van der Waals surface area contributed by atoms with Gasteiger partial charge in [-0.05, 0) is 30.3 Å². The van der Waals surface area contributed by atoms with Crippen LogP contribution in [-0.2, 0) is 4.74 Å². The number of para-hydroxylation sites is 1. The third kappa shape index (κ3) is 2.98. The molecule has 0 aromatic heterocycles. The van der Waals surface area contributed by atoms with E-state index in [-0.39, 0.29) is 11.3 Å². The molecule has 2 rings (SSSR count). The van der Waals surface area contributed by atoms with E-state index in [9.17, 15) is 4.79 Å². The number of nitrogens with one attached hydrogen (secondary N) is 1. The number of hydrogen-bond donors (Lipinski definition) is 2. The fourth-order valence-corrected chi connectivity index (χ4v) is 2.04. The van der Waals surface area contributed by atoms with Gasteiger partial charge in [0.05, 0.1) is 34.8 Å². The minimum absolute atomic E-state index is 0.287. The lowest BCUT2D eigenvalue weighted by atomic mass is 10.1. The molecule has 0 aliphatic heterocycles. The number of nitrogens with two attached hydrogens (primary N) is 1. The van der Waals surface area contributed by atoms with E-state index in [0.717, 1.165) is 0 Å². The first-order valence-electron chi connectivity index (χ1n) is 5.72. The number of halogens is 2. The molecule has 0 aliphatic carbocycles. The van der Waals surface area contributed by atoms with Crippen LogP contribution in [0.15, 0.2) is 36.4 Å². The minimum Gasteiger partial charge on any atom is -0.465 e. The first-order valence-corrected chi connectivity index (χ1v) is 6.47. The summed E-state index contributed by atoms with van der Waals surface area (Å²) >= 11 is 12.0. The first kappa shape index (κ1) is 14.5. The highest BCUT2D eigenvalue weighted by Crippen LogP contribution is 2.32. The van der Waals surface area contributed by atoms with E-state index in [4.69, 9.17) is 28.9 Å². The van der Waals surface area contributed by atoms with Crippen LogP contribution in [0.5, 0.6) is 0 Å². The summed E-state index contributed by atoms with van der Waals surface area (Å²) in [5, 5.41) is 4.09. The average molecular weight is 311 g/mol. The number of nitrogen functional groups attached to an aromatic ring is 1. The number of methoxy groups -OCH3 is 1. The van der Waals surface area contributed by atoms with Gasteiger partial charge in [0, 0.05) is 5.02 Å². The second kappa shape index (κ2) is 6.03. The van der Waals surface area contributed by atoms with E-state index in [1.807, 2.05) is 0 Å². The van der Waals surface area contributed by atoms with Gasteiger partial charge in [-0.25, -0.2) is 4.79 Å². The number of anilines is 3. The van der Waals surface area contributed by atoms with E-state index in [2.05, 4.69) is 10.1 Å². The fraction of sp³-hybridized carbons (Fsp3) is 0.0714. The molecule has 0 radical (unpaired) electrons. The van der Waals surface area contributed by atoms with Crippen LogP contribution in [0.2, 0.25) is 10.0 Å². The van der Waals surface area contributed by atoms with Crippen LogP contribution in [-0.4, -0.2) is 13.1 Å². The minimum atomic E-state index is -0.497. The molecule has 0 saturated carbocycles. The molecule has 0 heterocycles. The van der Waals surface area contributed by atoms with Gasteiger partial charge >= 0.3 is 5.97 Å². The molecule has 0 fully saturated rings. The van der Waals surface area contributed by atoms with E-state index < -0.39 is 5.97 Å². The molecular weight excluding hydrogens is 299 g/mol. The highest BCUT2D eigenvalue weighted by atomic mass is 35.5. The number of benzene rings is 2. The SMILES string of the molecule is COC(=O)c1cccc(Nc2cc(Cl)ccc2Cl)c1N. The molecule has 4 nitrogen and oxygen atoms in total. The fourth-order valence-electron chi connectivity index (χ4n) is 1.70. The Morgan fingerprint density at radius 3 is 2.65 bits per heavy atom. The summed E-state index contributed by atoms with van der Waals surface area (Å²) in [7, 11) is 1.30. The Labute approximate surface area is 126 Å². The van der Waals surface area contributed by atoms with Crippen LogP contribution in [0.4, 0.5) is 17.1 Å². The van der Waals surface area contributed by atoms with Crippen LogP contribution in [0.3, 0.4) is 0 Å². The van der Waals surface area contributed by atoms with Crippen molar-refractivity contribution in [1.29, 1.82) is 0 Å². The smallest absolute Gasteiger partial charge is 0.340 e. The lowest BCUT2D eigenvalue weighted by Crippen LogP contribution is -2.07. The second-order valence-corrected chi connectivity index (χ2v) is 4.85. The summed E-state index contributed by atoms with van der Waals surface area (Å²) in [6.45, 7) is 0. The Balaban J connectivity index is 2.39. The van der Waals surface area contributed by atoms with E-state index >= 15 is 0 Å². The standard InChI is InChI=1S/C14H12Cl2N2O2/c1-20-14(19)9-3-2-4-11(13(9)17)18-12-7-8(15)5-6-10(12)16/h2-7,18H,17H2,1H3. The average Bonchev–Trinajstić information content (AvgIpc) is 2.44. The van der Waals surface area contributed by atoms with Crippen molar-refractivity contribution < 1.29 is 9.53 Å². The molecule has 3 N–H and O–H groups in total. The van der Waals surface area contributed by atoms with E-state index in [1.54, 1.807) is 36.4 Å². The van der Waals surface area contributed by atoms with Crippen molar-refractivity contribution in [3.63, 3.8) is 0 Å². The van der Waals surface area contributed by atoms with Gasteiger partial charge in [-0.3, -0.25) is 0 Å². The maximum Gasteiger partial charge on any atom is 0.340 e. The van der Waals surface area contributed by atoms with Crippen molar-refractivity contribution in [3.8, 4) is 0 Å². The Morgan fingerprint density at radius 2 is 1.95 bits per heavy atom. The maximum absolute atomic E-state index is 11.6. The van der Waals surface area contributed by atoms with E-state index in [0.29, 0.717) is 21.4 Å². The number of ether oxygens (including phenoxy) is 1. The Morgan fingerprint density at radius 1 is 1.20 bits per heavy atom. The lowest BCUT2D eigenvalue weighted by Gasteiger charge is -2.13. The zero-order chi connectivity index (χ0) is 14.7. The summed E-state index contributed by atoms with van der Waals surface area (Å²) < 4.78 is 4.67. The molecule has 6 heteroatoms. The van der Waals surface area contributed by atoms with Gasteiger partial charge in [0.25, 0.3) is 0 Å². The largest absolute Gasteiger partial charge is 0.465 e. The predicted octanol–water partition coefficient (Wildman–Crippen LogP) is 4.11. The van der Waals surface area contributed by atoms with Crippen LogP contribution < -0.4 is 11.1 Å². The molecular formula is C14H12Cl2N2O2.